The van der Waals surface area contributed by atoms with Crippen molar-refractivity contribution < 1.29 is 9.18 Å². The Bertz CT molecular complexity index is 1190. The first-order valence-electron chi connectivity index (χ1n) is 9.35. The predicted molar refractivity (Wildman–Crippen MR) is 120 cm³/mol. The summed E-state index contributed by atoms with van der Waals surface area (Å²) in [5.74, 6) is -0.232. The van der Waals surface area contributed by atoms with Crippen molar-refractivity contribution in [3.8, 4) is 11.4 Å². The molecule has 0 fully saturated rings. The molecular formula is C22H17ClFN5OS. The number of nitrogens with zero attached hydrogens (tertiary/aromatic N) is 4. The van der Waals surface area contributed by atoms with Crippen LogP contribution >= 0.6 is 23.4 Å². The predicted octanol–water partition coefficient (Wildman–Crippen LogP) is 4.91. The van der Waals surface area contributed by atoms with Gasteiger partial charge in [0.25, 0.3) is 0 Å². The lowest BCUT2D eigenvalue weighted by atomic mass is 10.2. The minimum absolute atomic E-state index is 0.0336. The number of anilines is 1. The van der Waals surface area contributed by atoms with Crippen LogP contribution in [-0.4, -0.2) is 31.4 Å². The van der Waals surface area contributed by atoms with E-state index in [1.54, 1.807) is 12.4 Å². The van der Waals surface area contributed by atoms with Crippen molar-refractivity contribution >= 4 is 35.0 Å². The van der Waals surface area contributed by atoms with Crippen molar-refractivity contribution in [2.24, 2.45) is 0 Å². The van der Waals surface area contributed by atoms with Gasteiger partial charge in [0, 0.05) is 23.0 Å². The fourth-order valence-electron chi connectivity index (χ4n) is 2.92. The molecule has 4 aromatic rings. The lowest BCUT2D eigenvalue weighted by Gasteiger charge is -2.11. The van der Waals surface area contributed by atoms with E-state index in [0.717, 1.165) is 11.1 Å². The van der Waals surface area contributed by atoms with Gasteiger partial charge >= 0.3 is 0 Å². The maximum Gasteiger partial charge on any atom is 0.234 e. The van der Waals surface area contributed by atoms with Crippen LogP contribution < -0.4 is 5.32 Å². The second-order valence-electron chi connectivity index (χ2n) is 6.58. The summed E-state index contributed by atoms with van der Waals surface area (Å²) < 4.78 is 15.8. The summed E-state index contributed by atoms with van der Waals surface area (Å²) in [5, 5.41) is 12.0. The van der Waals surface area contributed by atoms with Crippen LogP contribution in [0.2, 0.25) is 5.02 Å². The number of benzene rings is 2. The summed E-state index contributed by atoms with van der Waals surface area (Å²) in [6.07, 6.45) is 3.41. The van der Waals surface area contributed by atoms with Crippen LogP contribution in [0.1, 0.15) is 5.56 Å². The molecule has 9 heteroatoms. The summed E-state index contributed by atoms with van der Waals surface area (Å²) in [6, 6.07) is 17.6. The Kier molecular flexibility index (Phi) is 6.59. The zero-order valence-corrected chi connectivity index (χ0v) is 17.8. The van der Waals surface area contributed by atoms with Gasteiger partial charge in [0.05, 0.1) is 18.0 Å². The molecule has 0 unspecified atom stereocenters. The Morgan fingerprint density at radius 2 is 1.94 bits per heavy atom. The first kappa shape index (κ1) is 21.0. The average Bonchev–Trinajstić information content (AvgIpc) is 3.18. The van der Waals surface area contributed by atoms with E-state index in [0.29, 0.717) is 22.5 Å². The van der Waals surface area contributed by atoms with Gasteiger partial charge in [0.2, 0.25) is 5.91 Å². The quantitative estimate of drug-likeness (QED) is 0.402. The lowest BCUT2D eigenvalue weighted by molar-refractivity contribution is -0.113. The molecule has 0 aliphatic heterocycles. The van der Waals surface area contributed by atoms with Crippen LogP contribution in [-0.2, 0) is 11.3 Å². The Morgan fingerprint density at radius 3 is 2.71 bits per heavy atom. The van der Waals surface area contributed by atoms with Crippen LogP contribution in [0.5, 0.6) is 0 Å². The number of carbonyl (C=O) groups is 1. The van der Waals surface area contributed by atoms with Gasteiger partial charge in [-0.05, 0) is 35.9 Å². The van der Waals surface area contributed by atoms with Crippen LogP contribution in [0, 0.1) is 5.82 Å². The van der Waals surface area contributed by atoms with Gasteiger partial charge in [0.1, 0.15) is 5.82 Å². The number of hydrogen-bond acceptors (Lipinski definition) is 5. The minimum atomic E-state index is -0.547. The molecule has 6 nitrogen and oxygen atoms in total. The molecule has 0 aliphatic rings. The molecule has 0 radical (unpaired) electrons. The molecule has 4 rings (SSSR count). The topological polar surface area (TPSA) is 72.7 Å². The van der Waals surface area contributed by atoms with Crippen LogP contribution in [0.25, 0.3) is 11.4 Å². The number of thioether (sulfide) groups is 1. The maximum absolute atomic E-state index is 13.9. The standard InChI is InChI=1S/C22H17ClFN5OS/c23-17-8-9-18(24)19(11-17)26-20(30)14-31-22-28-27-21(16-7-4-10-25-12-16)29(22)13-15-5-2-1-3-6-15/h1-12H,13-14H2,(H,26,30). The van der Waals surface area contributed by atoms with Gasteiger partial charge in [-0.15, -0.1) is 10.2 Å². The van der Waals surface area contributed by atoms with E-state index < -0.39 is 5.82 Å². The molecule has 156 valence electrons. The van der Waals surface area contributed by atoms with Crippen molar-refractivity contribution in [1.82, 2.24) is 19.7 Å². The first-order valence-corrected chi connectivity index (χ1v) is 10.7. The summed E-state index contributed by atoms with van der Waals surface area (Å²) in [6.45, 7) is 0.533. The summed E-state index contributed by atoms with van der Waals surface area (Å²) in [5.41, 5.74) is 1.93. The van der Waals surface area contributed by atoms with Crippen molar-refractivity contribution in [3.05, 3.63) is 89.5 Å². The van der Waals surface area contributed by atoms with Crippen molar-refractivity contribution in [2.75, 3.05) is 11.1 Å². The number of amides is 1. The van der Waals surface area contributed by atoms with Gasteiger partial charge in [-0.1, -0.05) is 53.7 Å². The fraction of sp³-hybridized carbons (Fsp3) is 0.0909. The molecule has 1 N–H and O–H groups in total. The molecular weight excluding hydrogens is 437 g/mol. The van der Waals surface area contributed by atoms with E-state index in [1.165, 1.54) is 30.0 Å². The van der Waals surface area contributed by atoms with Crippen LogP contribution in [0.4, 0.5) is 10.1 Å². The van der Waals surface area contributed by atoms with Gasteiger partial charge in [0.15, 0.2) is 11.0 Å². The summed E-state index contributed by atoms with van der Waals surface area (Å²) in [7, 11) is 0. The highest BCUT2D eigenvalue weighted by atomic mass is 35.5. The van der Waals surface area contributed by atoms with Crippen molar-refractivity contribution in [2.45, 2.75) is 11.7 Å². The second kappa shape index (κ2) is 9.72. The molecule has 31 heavy (non-hydrogen) atoms. The smallest absolute Gasteiger partial charge is 0.234 e. The molecule has 0 spiro atoms. The van der Waals surface area contributed by atoms with E-state index in [4.69, 9.17) is 11.6 Å². The van der Waals surface area contributed by atoms with E-state index in [2.05, 4.69) is 20.5 Å². The van der Waals surface area contributed by atoms with E-state index >= 15 is 0 Å². The zero-order chi connectivity index (χ0) is 21.6. The highest BCUT2D eigenvalue weighted by Crippen LogP contribution is 2.25. The maximum atomic E-state index is 13.9. The van der Waals surface area contributed by atoms with Crippen molar-refractivity contribution in [1.29, 1.82) is 0 Å². The van der Waals surface area contributed by atoms with Gasteiger partial charge < -0.3 is 5.32 Å². The number of carbonyl (C=O) groups excluding carboxylic acids is 1. The number of pyridine rings is 1. The average molecular weight is 454 g/mol. The molecule has 0 bridgehead atoms. The number of halogens is 2. The van der Waals surface area contributed by atoms with Crippen molar-refractivity contribution in [3.63, 3.8) is 0 Å². The Labute approximate surface area is 187 Å². The Balaban J connectivity index is 1.54. The van der Waals surface area contributed by atoms with Gasteiger partial charge in [-0.25, -0.2) is 4.39 Å². The molecule has 1 amide bonds. The normalized spacial score (nSPS) is 10.8. The molecule has 0 atom stereocenters. The van der Waals surface area contributed by atoms with Crippen LogP contribution in [0.15, 0.2) is 78.2 Å². The third-order valence-corrected chi connectivity index (χ3v) is 5.56. The molecule has 2 aromatic carbocycles. The second-order valence-corrected chi connectivity index (χ2v) is 7.96. The first-order chi connectivity index (χ1) is 15.1. The summed E-state index contributed by atoms with van der Waals surface area (Å²) in [4.78, 5) is 16.5. The molecule has 0 saturated carbocycles. The molecule has 2 heterocycles. The molecule has 2 aromatic heterocycles. The van der Waals surface area contributed by atoms with E-state index in [9.17, 15) is 9.18 Å². The van der Waals surface area contributed by atoms with Gasteiger partial charge in [-0.3, -0.25) is 14.3 Å². The highest BCUT2D eigenvalue weighted by Gasteiger charge is 2.17. The van der Waals surface area contributed by atoms with Crippen LogP contribution in [0.3, 0.4) is 0 Å². The Morgan fingerprint density at radius 1 is 1.10 bits per heavy atom. The number of rotatable bonds is 7. The number of aromatic nitrogens is 4. The fourth-order valence-corrected chi connectivity index (χ4v) is 3.83. The number of hydrogen-bond donors (Lipinski definition) is 1. The minimum Gasteiger partial charge on any atom is -0.323 e. The third kappa shape index (κ3) is 5.28. The molecule has 0 saturated heterocycles. The monoisotopic (exact) mass is 453 g/mol. The van der Waals surface area contributed by atoms with E-state index in [-0.39, 0.29) is 17.3 Å². The molecule has 0 aliphatic carbocycles. The number of nitrogens with one attached hydrogen (secondary N) is 1. The zero-order valence-electron chi connectivity index (χ0n) is 16.2. The SMILES string of the molecule is O=C(CSc1nnc(-c2cccnc2)n1Cc1ccccc1)Nc1cc(Cl)ccc1F. The largest absolute Gasteiger partial charge is 0.323 e. The third-order valence-electron chi connectivity index (χ3n) is 4.35. The summed E-state index contributed by atoms with van der Waals surface area (Å²) >= 11 is 7.10. The highest BCUT2D eigenvalue weighted by molar-refractivity contribution is 7.99. The van der Waals surface area contributed by atoms with E-state index in [1.807, 2.05) is 47.0 Å². The lowest BCUT2D eigenvalue weighted by Crippen LogP contribution is -2.15. The van der Waals surface area contributed by atoms with Gasteiger partial charge in [-0.2, -0.15) is 0 Å². The Hall–Kier alpha value is -3.23.